The summed E-state index contributed by atoms with van der Waals surface area (Å²) in [4.78, 5) is 35.5. The Morgan fingerprint density at radius 3 is 2.22 bits per heavy atom. The van der Waals surface area contributed by atoms with Crippen LogP contribution in [0, 0.1) is 11.3 Å². The molecule has 7 heteroatoms. The van der Waals surface area contributed by atoms with Crippen molar-refractivity contribution in [3.05, 3.63) is 59.7 Å². The van der Waals surface area contributed by atoms with Crippen LogP contribution in [0.3, 0.4) is 0 Å². The second kappa shape index (κ2) is 9.73. The van der Waals surface area contributed by atoms with Gasteiger partial charge in [-0.25, -0.2) is 4.79 Å². The van der Waals surface area contributed by atoms with Crippen molar-refractivity contribution in [3.63, 3.8) is 0 Å². The fourth-order valence-corrected chi connectivity index (χ4v) is 2.17. The smallest absolute Gasteiger partial charge is 0.338 e. The van der Waals surface area contributed by atoms with Gasteiger partial charge in [0.25, 0.3) is 0 Å². The summed E-state index contributed by atoms with van der Waals surface area (Å²) in [7, 11) is 0. The molecule has 7 nitrogen and oxygen atoms in total. The SMILES string of the molecule is CCOc1ccc(C(=O)COC(=O)c2ccc(NC(=O)CC#N)cc2)cc1. The zero-order valence-corrected chi connectivity index (χ0v) is 14.7. The number of amides is 1. The number of esters is 1. The van der Waals surface area contributed by atoms with Crippen LogP contribution >= 0.6 is 0 Å². The Morgan fingerprint density at radius 1 is 1.00 bits per heavy atom. The van der Waals surface area contributed by atoms with Gasteiger partial charge in [0, 0.05) is 11.3 Å². The summed E-state index contributed by atoms with van der Waals surface area (Å²) in [5.41, 5.74) is 1.12. The predicted molar refractivity (Wildman–Crippen MR) is 97.5 cm³/mol. The van der Waals surface area contributed by atoms with Gasteiger partial charge in [-0.3, -0.25) is 9.59 Å². The summed E-state index contributed by atoms with van der Waals surface area (Å²) < 4.78 is 10.3. The fraction of sp³-hybridized carbons (Fsp3) is 0.200. The topological polar surface area (TPSA) is 105 Å². The molecule has 0 saturated carbocycles. The van der Waals surface area contributed by atoms with Crippen molar-refractivity contribution < 1.29 is 23.9 Å². The number of nitrogens with zero attached hydrogens (tertiary/aromatic N) is 1. The van der Waals surface area contributed by atoms with Crippen LogP contribution in [0.25, 0.3) is 0 Å². The molecule has 0 unspecified atom stereocenters. The number of carbonyl (C=O) groups is 3. The first kappa shape index (κ1) is 19.7. The van der Waals surface area contributed by atoms with Gasteiger partial charge in [-0.1, -0.05) is 0 Å². The van der Waals surface area contributed by atoms with E-state index < -0.39 is 11.9 Å². The molecule has 0 fully saturated rings. The number of ether oxygens (including phenoxy) is 2. The van der Waals surface area contributed by atoms with Gasteiger partial charge in [-0.15, -0.1) is 0 Å². The van der Waals surface area contributed by atoms with E-state index in [0.717, 1.165) is 0 Å². The second-order valence-electron chi connectivity index (χ2n) is 5.42. The molecule has 0 atom stereocenters. The minimum Gasteiger partial charge on any atom is -0.494 e. The number of hydrogen-bond acceptors (Lipinski definition) is 6. The highest BCUT2D eigenvalue weighted by atomic mass is 16.5. The Labute approximate surface area is 156 Å². The molecule has 0 aliphatic carbocycles. The molecule has 0 aromatic heterocycles. The second-order valence-corrected chi connectivity index (χ2v) is 5.42. The van der Waals surface area contributed by atoms with Gasteiger partial charge in [0.1, 0.15) is 12.2 Å². The first-order chi connectivity index (χ1) is 13.0. The first-order valence-corrected chi connectivity index (χ1v) is 8.23. The van der Waals surface area contributed by atoms with Crippen LogP contribution in [-0.4, -0.2) is 30.9 Å². The maximum atomic E-state index is 12.1. The van der Waals surface area contributed by atoms with Gasteiger partial charge in [-0.2, -0.15) is 5.26 Å². The maximum Gasteiger partial charge on any atom is 0.338 e. The fourth-order valence-electron chi connectivity index (χ4n) is 2.17. The molecule has 0 aliphatic rings. The van der Waals surface area contributed by atoms with Crippen molar-refractivity contribution in [1.82, 2.24) is 0 Å². The molecule has 0 aliphatic heterocycles. The lowest BCUT2D eigenvalue weighted by molar-refractivity contribution is -0.115. The normalized spacial score (nSPS) is 9.78. The third-order valence-electron chi connectivity index (χ3n) is 3.47. The van der Waals surface area contributed by atoms with Crippen molar-refractivity contribution in [2.24, 2.45) is 0 Å². The largest absolute Gasteiger partial charge is 0.494 e. The maximum absolute atomic E-state index is 12.1. The zero-order valence-electron chi connectivity index (χ0n) is 14.7. The van der Waals surface area contributed by atoms with E-state index in [1.807, 2.05) is 6.92 Å². The molecule has 0 heterocycles. The summed E-state index contributed by atoms with van der Waals surface area (Å²) in [5.74, 6) is -0.752. The monoisotopic (exact) mass is 366 g/mol. The Hall–Kier alpha value is -3.66. The van der Waals surface area contributed by atoms with Gasteiger partial charge in [0.2, 0.25) is 5.91 Å². The molecular weight excluding hydrogens is 348 g/mol. The standard InChI is InChI=1S/C20H18N2O5/c1-2-26-17-9-5-14(6-10-17)18(23)13-27-20(25)15-3-7-16(8-4-15)22-19(24)11-12-21/h3-10H,2,11,13H2,1H3,(H,22,24). The van der Waals surface area contributed by atoms with E-state index >= 15 is 0 Å². The van der Waals surface area contributed by atoms with Gasteiger partial charge in [-0.05, 0) is 55.5 Å². The minimum atomic E-state index is -0.649. The predicted octanol–water partition coefficient (Wildman–Crippen LogP) is 2.98. The summed E-state index contributed by atoms with van der Waals surface area (Å²) in [6.45, 7) is 2.02. The molecule has 2 aromatic rings. The average molecular weight is 366 g/mol. The van der Waals surface area contributed by atoms with Crippen molar-refractivity contribution in [2.45, 2.75) is 13.3 Å². The summed E-state index contributed by atoms with van der Waals surface area (Å²) in [5, 5.41) is 11.0. The number of benzene rings is 2. The third-order valence-corrected chi connectivity index (χ3v) is 3.47. The van der Waals surface area contributed by atoms with Gasteiger partial charge in [0.05, 0.1) is 18.2 Å². The number of hydrogen-bond donors (Lipinski definition) is 1. The summed E-state index contributed by atoms with van der Waals surface area (Å²) >= 11 is 0. The van der Waals surface area contributed by atoms with Crippen molar-refractivity contribution in [3.8, 4) is 11.8 Å². The summed E-state index contributed by atoms with van der Waals surface area (Å²) in [6, 6.07) is 14.3. The molecule has 1 N–H and O–H groups in total. The Balaban J connectivity index is 1.88. The van der Waals surface area contributed by atoms with E-state index in [1.165, 1.54) is 24.3 Å². The molecule has 2 aromatic carbocycles. The van der Waals surface area contributed by atoms with E-state index in [1.54, 1.807) is 30.3 Å². The molecule has 0 bridgehead atoms. The van der Waals surface area contributed by atoms with Gasteiger partial charge >= 0.3 is 5.97 Å². The molecule has 0 spiro atoms. The highest BCUT2D eigenvalue weighted by Crippen LogP contribution is 2.14. The average Bonchev–Trinajstić information content (AvgIpc) is 2.67. The lowest BCUT2D eigenvalue weighted by atomic mass is 10.1. The number of nitriles is 1. The molecule has 1 amide bonds. The quantitative estimate of drug-likeness (QED) is 0.569. The van der Waals surface area contributed by atoms with E-state index in [2.05, 4.69) is 5.32 Å². The Kier molecular flexibility index (Phi) is 7.08. The first-order valence-electron chi connectivity index (χ1n) is 8.23. The number of ketones is 1. The van der Waals surface area contributed by atoms with Crippen LogP contribution in [-0.2, 0) is 9.53 Å². The van der Waals surface area contributed by atoms with Gasteiger partial charge in [0.15, 0.2) is 12.4 Å². The number of carbonyl (C=O) groups excluding carboxylic acids is 3. The van der Waals surface area contributed by atoms with E-state index in [0.29, 0.717) is 23.6 Å². The number of anilines is 1. The van der Waals surface area contributed by atoms with Crippen LogP contribution in [0.4, 0.5) is 5.69 Å². The van der Waals surface area contributed by atoms with Crippen LogP contribution in [0.5, 0.6) is 5.75 Å². The molecule has 0 radical (unpaired) electrons. The Morgan fingerprint density at radius 2 is 1.63 bits per heavy atom. The van der Waals surface area contributed by atoms with Crippen LogP contribution in [0.1, 0.15) is 34.1 Å². The van der Waals surface area contributed by atoms with Crippen LogP contribution in [0.15, 0.2) is 48.5 Å². The van der Waals surface area contributed by atoms with Crippen molar-refractivity contribution in [2.75, 3.05) is 18.5 Å². The van der Waals surface area contributed by atoms with Gasteiger partial charge < -0.3 is 14.8 Å². The lowest BCUT2D eigenvalue weighted by Crippen LogP contribution is -2.14. The van der Waals surface area contributed by atoms with E-state index in [-0.39, 0.29) is 24.4 Å². The number of Topliss-reactive ketones (excluding diaryl/α,β-unsaturated/α-hetero) is 1. The van der Waals surface area contributed by atoms with Crippen molar-refractivity contribution >= 4 is 23.3 Å². The molecule has 138 valence electrons. The molecule has 2 rings (SSSR count). The van der Waals surface area contributed by atoms with Crippen LogP contribution in [0.2, 0.25) is 0 Å². The van der Waals surface area contributed by atoms with Crippen LogP contribution < -0.4 is 10.1 Å². The molecular formula is C20H18N2O5. The highest BCUT2D eigenvalue weighted by molar-refractivity contribution is 5.99. The van der Waals surface area contributed by atoms with Crippen molar-refractivity contribution in [1.29, 1.82) is 5.26 Å². The Bertz CT molecular complexity index is 851. The number of nitrogens with one attached hydrogen (secondary N) is 1. The minimum absolute atomic E-state index is 0.243. The third kappa shape index (κ3) is 5.97. The zero-order chi connectivity index (χ0) is 19.6. The summed E-state index contributed by atoms with van der Waals surface area (Å²) in [6.07, 6.45) is -0.253. The molecule has 0 saturated heterocycles. The lowest BCUT2D eigenvalue weighted by Gasteiger charge is -2.07. The highest BCUT2D eigenvalue weighted by Gasteiger charge is 2.12. The van der Waals surface area contributed by atoms with E-state index in [9.17, 15) is 14.4 Å². The van der Waals surface area contributed by atoms with E-state index in [4.69, 9.17) is 14.7 Å². The number of rotatable bonds is 8. The molecule has 27 heavy (non-hydrogen) atoms.